The van der Waals surface area contributed by atoms with Gasteiger partial charge in [-0.15, -0.1) is 0 Å². The predicted octanol–water partition coefficient (Wildman–Crippen LogP) is 2.63. The highest BCUT2D eigenvalue weighted by molar-refractivity contribution is 6.16. The lowest BCUT2D eigenvalue weighted by Crippen LogP contribution is -2.39. The summed E-state index contributed by atoms with van der Waals surface area (Å²) >= 11 is 0. The Balaban J connectivity index is 1.39. The van der Waals surface area contributed by atoms with E-state index in [0.29, 0.717) is 24.6 Å². The zero-order chi connectivity index (χ0) is 22.0. The van der Waals surface area contributed by atoms with Gasteiger partial charge in [-0.25, -0.2) is 4.79 Å². The molecule has 8 nitrogen and oxygen atoms in total. The smallest absolute Gasteiger partial charge is 0.332 e. The zero-order valence-corrected chi connectivity index (χ0v) is 17.7. The molecule has 0 bridgehead atoms. The number of carbonyl (C=O) groups is 3. The molecule has 2 aromatic carbocycles. The number of morpholine rings is 1. The third kappa shape index (κ3) is 4.39. The van der Waals surface area contributed by atoms with Crippen LogP contribution in [0.2, 0.25) is 0 Å². The molecular formula is C23H26N4O4. The number of hydrogen-bond donors (Lipinski definition) is 1. The van der Waals surface area contributed by atoms with Gasteiger partial charge in [0.05, 0.1) is 13.2 Å². The van der Waals surface area contributed by atoms with Crippen LogP contribution >= 0.6 is 0 Å². The zero-order valence-electron chi connectivity index (χ0n) is 17.7. The summed E-state index contributed by atoms with van der Waals surface area (Å²) in [5, 5.41) is 2.77. The maximum atomic E-state index is 12.9. The van der Waals surface area contributed by atoms with E-state index in [1.165, 1.54) is 4.90 Å². The second-order valence-electron chi connectivity index (χ2n) is 7.78. The summed E-state index contributed by atoms with van der Waals surface area (Å²) in [4.78, 5) is 42.7. The number of anilines is 3. The topological polar surface area (TPSA) is 82.2 Å². The summed E-state index contributed by atoms with van der Waals surface area (Å²) in [7, 11) is 0. The Bertz CT molecular complexity index is 968. The second kappa shape index (κ2) is 8.77. The molecule has 8 heteroatoms. The molecule has 31 heavy (non-hydrogen) atoms. The normalized spacial score (nSPS) is 19.2. The number of urea groups is 1. The molecule has 0 aromatic heterocycles. The Morgan fingerprint density at radius 3 is 2.26 bits per heavy atom. The molecule has 2 aliphatic heterocycles. The first kappa shape index (κ1) is 20.9. The van der Waals surface area contributed by atoms with Crippen molar-refractivity contribution in [3.8, 4) is 0 Å². The molecule has 2 fully saturated rings. The number of nitrogens with one attached hydrogen (secondary N) is 1. The molecule has 0 aliphatic carbocycles. The molecule has 4 amide bonds. The minimum Gasteiger partial charge on any atom is -0.378 e. The highest BCUT2D eigenvalue weighted by atomic mass is 16.5. The molecule has 2 heterocycles. The van der Waals surface area contributed by atoms with Gasteiger partial charge in [-0.3, -0.25) is 19.4 Å². The summed E-state index contributed by atoms with van der Waals surface area (Å²) in [5.74, 6) is -0.804. The molecule has 2 aliphatic rings. The number of ether oxygens (including phenoxy) is 1. The number of benzene rings is 2. The maximum absolute atomic E-state index is 12.9. The molecule has 2 aromatic rings. The molecule has 162 valence electrons. The Kier molecular flexibility index (Phi) is 5.90. The number of nitrogens with zero attached hydrogens (tertiary/aromatic N) is 3. The van der Waals surface area contributed by atoms with Crippen molar-refractivity contribution in [1.29, 1.82) is 0 Å². The van der Waals surface area contributed by atoms with Gasteiger partial charge in [-0.05, 0) is 50.2 Å². The maximum Gasteiger partial charge on any atom is 0.332 e. The van der Waals surface area contributed by atoms with Gasteiger partial charge in [-0.1, -0.05) is 17.7 Å². The van der Waals surface area contributed by atoms with Crippen molar-refractivity contribution in [1.82, 2.24) is 4.90 Å². The second-order valence-corrected chi connectivity index (χ2v) is 7.78. The van der Waals surface area contributed by atoms with Crippen LogP contribution in [0.15, 0.2) is 48.5 Å². The van der Waals surface area contributed by atoms with Gasteiger partial charge in [0.1, 0.15) is 12.6 Å². The fourth-order valence-corrected chi connectivity index (χ4v) is 3.83. The minimum atomic E-state index is -0.657. The van der Waals surface area contributed by atoms with Crippen LogP contribution in [-0.4, -0.2) is 61.6 Å². The van der Waals surface area contributed by atoms with E-state index >= 15 is 0 Å². The summed E-state index contributed by atoms with van der Waals surface area (Å²) in [6.07, 6.45) is 0. The van der Waals surface area contributed by atoms with Crippen molar-refractivity contribution in [2.24, 2.45) is 0 Å². The third-order valence-corrected chi connectivity index (χ3v) is 5.59. The fourth-order valence-electron chi connectivity index (χ4n) is 3.83. The van der Waals surface area contributed by atoms with Gasteiger partial charge in [0.25, 0.3) is 5.91 Å². The van der Waals surface area contributed by atoms with E-state index in [4.69, 9.17) is 4.74 Å². The first-order valence-electron chi connectivity index (χ1n) is 10.4. The molecule has 1 N–H and O–H groups in total. The first-order valence-corrected chi connectivity index (χ1v) is 10.4. The Hall–Kier alpha value is -3.39. The lowest BCUT2D eigenvalue weighted by atomic mass is 10.2. The van der Waals surface area contributed by atoms with Crippen LogP contribution in [0.3, 0.4) is 0 Å². The van der Waals surface area contributed by atoms with Crippen molar-refractivity contribution < 1.29 is 19.1 Å². The van der Waals surface area contributed by atoms with Crippen LogP contribution in [0.1, 0.15) is 12.5 Å². The lowest BCUT2D eigenvalue weighted by molar-refractivity contribution is -0.130. The summed E-state index contributed by atoms with van der Waals surface area (Å²) in [6, 6.07) is 13.7. The van der Waals surface area contributed by atoms with E-state index in [0.717, 1.165) is 29.2 Å². The average molecular weight is 422 g/mol. The molecule has 0 radical (unpaired) electrons. The molecule has 2 saturated heterocycles. The lowest BCUT2D eigenvalue weighted by Gasteiger charge is -2.28. The Morgan fingerprint density at radius 2 is 1.61 bits per heavy atom. The van der Waals surface area contributed by atoms with Crippen molar-refractivity contribution in [3.63, 3.8) is 0 Å². The van der Waals surface area contributed by atoms with Crippen molar-refractivity contribution >= 4 is 34.9 Å². The van der Waals surface area contributed by atoms with Gasteiger partial charge in [0, 0.05) is 30.2 Å². The fraction of sp³-hybridized carbons (Fsp3) is 0.348. The molecule has 0 spiro atoms. The van der Waals surface area contributed by atoms with Crippen LogP contribution < -0.4 is 15.1 Å². The van der Waals surface area contributed by atoms with Gasteiger partial charge >= 0.3 is 6.03 Å². The SMILES string of the molecule is Cc1ccc(N2C(=O)N(CC(=O)Nc3ccc(N4CCOCC4)cc3)C(=O)[C@@H]2C)cc1. The standard InChI is InChI=1S/C23H26N4O4/c1-16-3-7-20(8-4-16)27-17(2)22(29)26(23(27)30)15-21(28)24-18-5-9-19(10-6-18)25-11-13-31-14-12-25/h3-10,17H,11-15H2,1-2H3,(H,24,28)/t17-/m0/s1. The van der Waals surface area contributed by atoms with Crippen LogP contribution in [0.25, 0.3) is 0 Å². The predicted molar refractivity (Wildman–Crippen MR) is 118 cm³/mol. The monoisotopic (exact) mass is 422 g/mol. The van der Waals surface area contributed by atoms with Crippen LogP contribution in [0.4, 0.5) is 21.9 Å². The molecular weight excluding hydrogens is 396 g/mol. The third-order valence-electron chi connectivity index (χ3n) is 5.59. The molecule has 4 rings (SSSR count). The highest BCUT2D eigenvalue weighted by Crippen LogP contribution is 2.26. The van der Waals surface area contributed by atoms with Gasteiger partial charge in [-0.2, -0.15) is 0 Å². The van der Waals surface area contributed by atoms with E-state index in [-0.39, 0.29) is 12.5 Å². The largest absolute Gasteiger partial charge is 0.378 e. The van der Waals surface area contributed by atoms with Crippen molar-refractivity contribution in [2.45, 2.75) is 19.9 Å². The average Bonchev–Trinajstić information content (AvgIpc) is 2.99. The number of imide groups is 1. The van der Waals surface area contributed by atoms with Crippen molar-refractivity contribution in [2.75, 3.05) is 48.0 Å². The number of rotatable bonds is 5. The van der Waals surface area contributed by atoms with E-state index in [1.54, 1.807) is 19.1 Å². The molecule has 0 unspecified atom stereocenters. The van der Waals surface area contributed by atoms with E-state index in [2.05, 4.69) is 10.2 Å². The van der Waals surface area contributed by atoms with E-state index < -0.39 is 18.0 Å². The van der Waals surface area contributed by atoms with Crippen LogP contribution in [0, 0.1) is 6.92 Å². The van der Waals surface area contributed by atoms with Gasteiger partial charge in [0.15, 0.2) is 0 Å². The molecule has 0 saturated carbocycles. The summed E-state index contributed by atoms with van der Waals surface area (Å²) in [5.41, 5.74) is 3.38. The Morgan fingerprint density at radius 1 is 1.00 bits per heavy atom. The Labute approximate surface area is 181 Å². The number of hydrogen-bond acceptors (Lipinski definition) is 5. The summed E-state index contributed by atoms with van der Waals surface area (Å²) in [6.45, 7) is 6.37. The van der Waals surface area contributed by atoms with Crippen LogP contribution in [-0.2, 0) is 14.3 Å². The minimum absolute atomic E-state index is 0.324. The number of aryl methyl sites for hydroxylation is 1. The number of carbonyl (C=O) groups excluding carboxylic acids is 3. The van der Waals surface area contributed by atoms with Crippen molar-refractivity contribution in [3.05, 3.63) is 54.1 Å². The summed E-state index contributed by atoms with van der Waals surface area (Å²) < 4.78 is 5.36. The van der Waals surface area contributed by atoms with Gasteiger partial charge < -0.3 is 15.0 Å². The van der Waals surface area contributed by atoms with Gasteiger partial charge in [0.2, 0.25) is 5.91 Å². The van der Waals surface area contributed by atoms with E-state index in [9.17, 15) is 14.4 Å². The quantitative estimate of drug-likeness (QED) is 0.749. The first-order chi connectivity index (χ1) is 14.9. The molecule has 1 atom stereocenters. The van der Waals surface area contributed by atoms with Crippen LogP contribution in [0.5, 0.6) is 0 Å². The number of amides is 4. The highest BCUT2D eigenvalue weighted by Gasteiger charge is 2.44. The van der Waals surface area contributed by atoms with E-state index in [1.807, 2.05) is 43.3 Å².